The predicted molar refractivity (Wildman–Crippen MR) is 80.2 cm³/mol. The zero-order valence-electron chi connectivity index (χ0n) is 11.8. The number of anilines is 1. The third-order valence-corrected chi connectivity index (χ3v) is 3.36. The molecule has 21 heavy (non-hydrogen) atoms. The summed E-state index contributed by atoms with van der Waals surface area (Å²) in [6.45, 7) is 2.48. The van der Waals surface area contributed by atoms with E-state index in [1.807, 2.05) is 6.92 Å². The van der Waals surface area contributed by atoms with Crippen LogP contribution in [0.2, 0.25) is 0 Å². The van der Waals surface area contributed by atoms with Crippen molar-refractivity contribution in [2.75, 3.05) is 12.4 Å². The summed E-state index contributed by atoms with van der Waals surface area (Å²) >= 11 is 3.27. The quantitative estimate of drug-likeness (QED) is 0.856. The van der Waals surface area contributed by atoms with Crippen LogP contribution in [0.5, 0.6) is 0 Å². The fraction of sp³-hybridized carbons (Fsp3) is 0.333. The van der Waals surface area contributed by atoms with E-state index < -0.39 is 5.91 Å². The van der Waals surface area contributed by atoms with Crippen LogP contribution in [0.25, 0.3) is 0 Å². The van der Waals surface area contributed by atoms with Crippen molar-refractivity contribution in [3.63, 3.8) is 0 Å². The van der Waals surface area contributed by atoms with Crippen LogP contribution < -0.4 is 10.6 Å². The van der Waals surface area contributed by atoms with E-state index in [1.54, 1.807) is 24.1 Å². The van der Waals surface area contributed by atoms with Gasteiger partial charge in [-0.2, -0.15) is 10.2 Å². The number of hydrogen-bond acceptors (Lipinski definition) is 4. The topological polar surface area (TPSA) is 93.8 Å². The first kappa shape index (κ1) is 15.2. The Morgan fingerprint density at radius 2 is 1.95 bits per heavy atom. The Labute approximate surface area is 129 Å². The first-order valence-electron chi connectivity index (χ1n) is 6.26. The zero-order valence-corrected chi connectivity index (χ0v) is 13.4. The number of rotatable bonds is 4. The molecule has 0 bridgehead atoms. The van der Waals surface area contributed by atoms with E-state index in [9.17, 15) is 9.59 Å². The smallest absolute Gasteiger partial charge is 0.277 e. The molecule has 0 spiro atoms. The average Bonchev–Trinajstić information content (AvgIpc) is 3.01. The van der Waals surface area contributed by atoms with Gasteiger partial charge in [0.2, 0.25) is 0 Å². The third-order valence-electron chi connectivity index (χ3n) is 2.78. The van der Waals surface area contributed by atoms with Crippen molar-refractivity contribution in [1.29, 1.82) is 0 Å². The van der Waals surface area contributed by atoms with Crippen molar-refractivity contribution in [1.82, 2.24) is 24.9 Å². The van der Waals surface area contributed by atoms with Crippen LogP contribution >= 0.6 is 15.9 Å². The van der Waals surface area contributed by atoms with Crippen molar-refractivity contribution in [2.24, 2.45) is 7.05 Å². The van der Waals surface area contributed by atoms with Crippen LogP contribution in [-0.2, 0) is 13.6 Å². The van der Waals surface area contributed by atoms with E-state index in [0.717, 1.165) is 0 Å². The molecule has 0 radical (unpaired) electrons. The number of aryl methyl sites for hydroxylation is 2. The predicted octanol–water partition coefficient (Wildman–Crippen LogP) is 1.01. The van der Waals surface area contributed by atoms with Gasteiger partial charge >= 0.3 is 0 Å². The Hall–Kier alpha value is -2.16. The molecule has 2 rings (SSSR count). The van der Waals surface area contributed by atoms with Crippen LogP contribution in [0.3, 0.4) is 0 Å². The number of amides is 2. The average molecular weight is 355 g/mol. The molecule has 112 valence electrons. The molecule has 9 heteroatoms. The lowest BCUT2D eigenvalue weighted by Crippen LogP contribution is -2.22. The van der Waals surface area contributed by atoms with Crippen molar-refractivity contribution >= 4 is 33.4 Å². The van der Waals surface area contributed by atoms with E-state index in [4.69, 9.17) is 0 Å². The molecule has 0 aromatic carbocycles. The number of hydrogen-bond donors (Lipinski definition) is 2. The van der Waals surface area contributed by atoms with Gasteiger partial charge in [0.25, 0.3) is 11.8 Å². The molecule has 2 aromatic heterocycles. The number of carbonyl (C=O) groups is 2. The maximum Gasteiger partial charge on any atom is 0.277 e. The van der Waals surface area contributed by atoms with E-state index >= 15 is 0 Å². The Morgan fingerprint density at radius 3 is 2.48 bits per heavy atom. The highest BCUT2D eigenvalue weighted by atomic mass is 79.9. The summed E-state index contributed by atoms with van der Waals surface area (Å²) in [5, 5.41) is 13.3. The highest BCUT2D eigenvalue weighted by molar-refractivity contribution is 9.10. The molecule has 8 nitrogen and oxygen atoms in total. The van der Waals surface area contributed by atoms with E-state index in [1.165, 1.54) is 11.7 Å². The molecule has 0 aliphatic carbocycles. The highest BCUT2D eigenvalue weighted by Gasteiger charge is 2.20. The monoisotopic (exact) mass is 354 g/mol. The second-order valence-electron chi connectivity index (χ2n) is 4.28. The third kappa shape index (κ3) is 3.13. The maximum atomic E-state index is 12.2. The number of carbonyl (C=O) groups excluding carboxylic acids is 2. The molecule has 0 unspecified atom stereocenters. The standard InChI is InChI=1S/C12H15BrN6O2/c1-4-19-6-8(10(17-19)11(20)14-2)15-12(21)9-7(13)5-18(3)16-9/h5-6H,4H2,1-3H3,(H,14,20)(H,15,21). The molecular formula is C12H15BrN6O2. The molecule has 0 atom stereocenters. The Balaban J connectivity index is 2.30. The number of nitrogens with one attached hydrogen (secondary N) is 2. The van der Waals surface area contributed by atoms with Gasteiger partial charge in [-0.05, 0) is 22.9 Å². The minimum atomic E-state index is -0.414. The van der Waals surface area contributed by atoms with E-state index in [-0.39, 0.29) is 17.3 Å². The summed E-state index contributed by atoms with van der Waals surface area (Å²) in [5.41, 5.74) is 0.753. The van der Waals surface area contributed by atoms with Gasteiger partial charge in [-0.3, -0.25) is 19.0 Å². The van der Waals surface area contributed by atoms with Gasteiger partial charge in [0.15, 0.2) is 11.4 Å². The molecule has 2 heterocycles. The maximum absolute atomic E-state index is 12.2. The zero-order chi connectivity index (χ0) is 15.6. The van der Waals surface area contributed by atoms with E-state index in [2.05, 4.69) is 36.8 Å². The Morgan fingerprint density at radius 1 is 1.24 bits per heavy atom. The first-order chi connectivity index (χ1) is 9.96. The van der Waals surface area contributed by atoms with Crippen LogP contribution in [0.15, 0.2) is 16.9 Å². The van der Waals surface area contributed by atoms with Crippen LogP contribution in [0.4, 0.5) is 5.69 Å². The van der Waals surface area contributed by atoms with Crippen LogP contribution in [-0.4, -0.2) is 38.4 Å². The molecule has 2 amide bonds. The molecule has 2 aromatic rings. The molecule has 0 saturated carbocycles. The number of halogens is 1. The second kappa shape index (κ2) is 6.08. The summed E-state index contributed by atoms with van der Waals surface area (Å²) in [4.78, 5) is 24.0. The van der Waals surface area contributed by atoms with Crippen molar-refractivity contribution in [3.8, 4) is 0 Å². The Kier molecular flexibility index (Phi) is 4.41. The van der Waals surface area contributed by atoms with Gasteiger partial charge in [-0.1, -0.05) is 0 Å². The van der Waals surface area contributed by atoms with Crippen LogP contribution in [0, 0.1) is 0 Å². The minimum absolute atomic E-state index is 0.166. The first-order valence-corrected chi connectivity index (χ1v) is 7.05. The molecule has 0 fully saturated rings. The minimum Gasteiger partial charge on any atom is -0.354 e. The van der Waals surface area contributed by atoms with Gasteiger partial charge in [0.05, 0.1) is 10.2 Å². The fourth-order valence-corrected chi connectivity index (χ4v) is 2.31. The lowest BCUT2D eigenvalue weighted by atomic mass is 10.3. The van der Waals surface area contributed by atoms with Gasteiger partial charge < -0.3 is 10.6 Å². The van der Waals surface area contributed by atoms with Gasteiger partial charge in [-0.15, -0.1) is 0 Å². The largest absolute Gasteiger partial charge is 0.354 e. The SMILES string of the molecule is CCn1cc(NC(=O)c2nn(C)cc2Br)c(C(=O)NC)n1. The molecule has 0 aliphatic heterocycles. The molecule has 0 saturated heterocycles. The van der Waals surface area contributed by atoms with Crippen molar-refractivity contribution in [3.05, 3.63) is 28.3 Å². The summed E-state index contributed by atoms with van der Waals surface area (Å²) in [6, 6.07) is 0. The van der Waals surface area contributed by atoms with Gasteiger partial charge in [0.1, 0.15) is 0 Å². The Bertz CT molecular complexity index is 690. The molecule has 2 N–H and O–H groups in total. The normalized spacial score (nSPS) is 10.5. The summed E-state index contributed by atoms with van der Waals surface area (Å²) in [5.74, 6) is -0.777. The van der Waals surface area contributed by atoms with E-state index in [0.29, 0.717) is 16.7 Å². The fourth-order valence-electron chi connectivity index (χ4n) is 1.76. The van der Waals surface area contributed by atoms with Crippen molar-refractivity contribution < 1.29 is 9.59 Å². The van der Waals surface area contributed by atoms with Gasteiger partial charge in [0, 0.05) is 33.0 Å². The summed E-state index contributed by atoms with van der Waals surface area (Å²) < 4.78 is 3.67. The van der Waals surface area contributed by atoms with Gasteiger partial charge in [-0.25, -0.2) is 0 Å². The lowest BCUT2D eigenvalue weighted by Gasteiger charge is -2.03. The van der Waals surface area contributed by atoms with Crippen molar-refractivity contribution in [2.45, 2.75) is 13.5 Å². The second-order valence-corrected chi connectivity index (χ2v) is 5.13. The van der Waals surface area contributed by atoms with Crippen LogP contribution in [0.1, 0.15) is 27.9 Å². The lowest BCUT2D eigenvalue weighted by molar-refractivity contribution is 0.0958. The number of aromatic nitrogens is 4. The molecule has 0 aliphatic rings. The molecular weight excluding hydrogens is 340 g/mol. The summed E-state index contributed by atoms with van der Waals surface area (Å²) in [6.07, 6.45) is 3.28. The summed E-state index contributed by atoms with van der Waals surface area (Å²) in [7, 11) is 3.22. The highest BCUT2D eigenvalue weighted by Crippen LogP contribution is 2.18. The number of nitrogens with zero attached hydrogens (tertiary/aromatic N) is 4.